The summed E-state index contributed by atoms with van der Waals surface area (Å²) in [7, 11) is 1.75. The summed E-state index contributed by atoms with van der Waals surface area (Å²) in [5, 5.41) is 17.7. The lowest BCUT2D eigenvalue weighted by atomic mass is 10.0. The van der Waals surface area contributed by atoms with E-state index >= 15 is 0 Å². The van der Waals surface area contributed by atoms with Crippen molar-refractivity contribution in [3.05, 3.63) is 75.3 Å². The molecule has 2 aromatic rings. The summed E-state index contributed by atoms with van der Waals surface area (Å²) in [6.07, 6.45) is 2.12. The SMILES string of the molecule is CN=C(NCc1cccc([N+](=O)[O-])c1)NC1CCN(Cc2ccccc2C)CC1.I. The van der Waals surface area contributed by atoms with E-state index in [-0.39, 0.29) is 34.6 Å². The maximum Gasteiger partial charge on any atom is 0.269 e. The first-order valence-electron chi connectivity index (χ1n) is 10.0. The van der Waals surface area contributed by atoms with E-state index in [1.54, 1.807) is 19.2 Å². The molecule has 0 bridgehead atoms. The van der Waals surface area contributed by atoms with Gasteiger partial charge in [0, 0.05) is 51.4 Å². The zero-order valence-electron chi connectivity index (χ0n) is 17.5. The number of rotatable bonds is 6. The van der Waals surface area contributed by atoms with Crippen LogP contribution in [0.4, 0.5) is 5.69 Å². The van der Waals surface area contributed by atoms with E-state index < -0.39 is 0 Å². The fourth-order valence-corrected chi connectivity index (χ4v) is 3.62. The van der Waals surface area contributed by atoms with Gasteiger partial charge in [0.1, 0.15) is 0 Å². The molecule has 0 spiro atoms. The summed E-state index contributed by atoms with van der Waals surface area (Å²) in [6.45, 7) is 5.76. The number of nitrogens with one attached hydrogen (secondary N) is 2. The minimum absolute atomic E-state index is 0. The zero-order chi connectivity index (χ0) is 20.6. The van der Waals surface area contributed by atoms with Crippen LogP contribution < -0.4 is 10.6 Å². The van der Waals surface area contributed by atoms with Crippen LogP contribution in [0.5, 0.6) is 0 Å². The quantitative estimate of drug-likeness (QED) is 0.198. The van der Waals surface area contributed by atoms with Gasteiger partial charge < -0.3 is 10.6 Å². The monoisotopic (exact) mass is 523 g/mol. The molecule has 1 aliphatic rings. The Balaban J connectivity index is 0.00000320. The molecule has 1 fully saturated rings. The molecule has 0 aromatic heterocycles. The highest BCUT2D eigenvalue weighted by Gasteiger charge is 2.20. The molecule has 1 saturated heterocycles. The Hall–Kier alpha value is -2.20. The minimum atomic E-state index is -0.374. The lowest BCUT2D eigenvalue weighted by Gasteiger charge is -2.33. The highest BCUT2D eigenvalue weighted by Crippen LogP contribution is 2.16. The highest BCUT2D eigenvalue weighted by molar-refractivity contribution is 14.0. The Labute approximate surface area is 195 Å². The van der Waals surface area contributed by atoms with Crippen molar-refractivity contribution in [2.45, 2.75) is 38.9 Å². The van der Waals surface area contributed by atoms with Gasteiger partial charge in [0.25, 0.3) is 5.69 Å². The largest absolute Gasteiger partial charge is 0.354 e. The number of non-ortho nitro benzene ring substituents is 1. The number of nitro benzene ring substituents is 1. The molecular weight excluding hydrogens is 493 g/mol. The molecule has 3 rings (SSSR count). The van der Waals surface area contributed by atoms with Crippen molar-refractivity contribution in [3.63, 3.8) is 0 Å². The summed E-state index contributed by atoms with van der Waals surface area (Å²) in [5.74, 6) is 0.730. The minimum Gasteiger partial charge on any atom is -0.354 e. The second-order valence-corrected chi connectivity index (χ2v) is 7.47. The van der Waals surface area contributed by atoms with Crippen LogP contribution in [0.25, 0.3) is 0 Å². The summed E-state index contributed by atoms with van der Waals surface area (Å²) in [4.78, 5) is 17.3. The van der Waals surface area contributed by atoms with Crippen LogP contribution in [0, 0.1) is 17.0 Å². The number of aliphatic imine (C=N–C) groups is 1. The number of nitro groups is 1. The molecule has 0 atom stereocenters. The molecule has 0 saturated carbocycles. The number of benzene rings is 2. The van der Waals surface area contributed by atoms with Crippen molar-refractivity contribution in [2.75, 3.05) is 20.1 Å². The number of guanidine groups is 1. The molecule has 2 N–H and O–H groups in total. The van der Waals surface area contributed by atoms with Crippen molar-refractivity contribution in [3.8, 4) is 0 Å². The van der Waals surface area contributed by atoms with Gasteiger partial charge in [0.05, 0.1) is 4.92 Å². The second-order valence-electron chi connectivity index (χ2n) is 7.47. The molecule has 0 amide bonds. The number of piperidine rings is 1. The van der Waals surface area contributed by atoms with E-state index in [0.29, 0.717) is 12.6 Å². The van der Waals surface area contributed by atoms with Crippen LogP contribution in [-0.2, 0) is 13.1 Å². The highest BCUT2D eigenvalue weighted by atomic mass is 127. The topological polar surface area (TPSA) is 82.8 Å². The first kappa shape index (κ1) is 24.1. The van der Waals surface area contributed by atoms with Crippen molar-refractivity contribution in [1.82, 2.24) is 15.5 Å². The third kappa shape index (κ3) is 6.94. The first-order chi connectivity index (χ1) is 14.0. The van der Waals surface area contributed by atoms with E-state index in [4.69, 9.17) is 0 Å². The molecule has 2 aromatic carbocycles. The lowest BCUT2D eigenvalue weighted by Crippen LogP contribution is -2.48. The van der Waals surface area contributed by atoms with Gasteiger partial charge in [-0.15, -0.1) is 24.0 Å². The van der Waals surface area contributed by atoms with Crippen molar-refractivity contribution < 1.29 is 4.92 Å². The number of hydrogen-bond donors (Lipinski definition) is 2. The molecule has 8 heteroatoms. The molecular formula is C22H30IN5O2. The Morgan fingerprint density at radius 2 is 1.93 bits per heavy atom. The molecule has 162 valence electrons. The predicted molar refractivity (Wildman–Crippen MR) is 131 cm³/mol. The van der Waals surface area contributed by atoms with Gasteiger partial charge >= 0.3 is 0 Å². The molecule has 1 heterocycles. The van der Waals surface area contributed by atoms with E-state index in [9.17, 15) is 10.1 Å². The molecule has 1 aliphatic heterocycles. The Bertz CT molecular complexity index is 866. The summed E-state index contributed by atoms with van der Waals surface area (Å²) < 4.78 is 0. The second kappa shape index (κ2) is 11.8. The molecule has 30 heavy (non-hydrogen) atoms. The number of hydrogen-bond acceptors (Lipinski definition) is 4. The van der Waals surface area contributed by atoms with E-state index in [1.807, 2.05) is 6.07 Å². The van der Waals surface area contributed by atoms with Crippen LogP contribution in [0.1, 0.15) is 29.5 Å². The zero-order valence-corrected chi connectivity index (χ0v) is 19.8. The van der Waals surface area contributed by atoms with Crippen LogP contribution in [0.3, 0.4) is 0 Å². The maximum absolute atomic E-state index is 10.9. The fraction of sp³-hybridized carbons (Fsp3) is 0.409. The number of aryl methyl sites for hydroxylation is 1. The van der Waals surface area contributed by atoms with Gasteiger partial charge in [0.15, 0.2) is 5.96 Å². The first-order valence-corrected chi connectivity index (χ1v) is 10.0. The number of likely N-dealkylation sites (tertiary alicyclic amines) is 1. The fourth-order valence-electron chi connectivity index (χ4n) is 3.62. The number of nitrogens with zero attached hydrogens (tertiary/aromatic N) is 3. The average molecular weight is 523 g/mol. The molecule has 7 nitrogen and oxygen atoms in total. The smallest absolute Gasteiger partial charge is 0.269 e. The van der Waals surface area contributed by atoms with Crippen LogP contribution >= 0.6 is 24.0 Å². The van der Waals surface area contributed by atoms with Crippen LogP contribution in [0.15, 0.2) is 53.5 Å². The van der Waals surface area contributed by atoms with E-state index in [2.05, 4.69) is 51.7 Å². The van der Waals surface area contributed by atoms with Gasteiger partial charge in [-0.05, 0) is 36.5 Å². The molecule has 0 radical (unpaired) electrons. The lowest BCUT2D eigenvalue weighted by molar-refractivity contribution is -0.384. The van der Waals surface area contributed by atoms with Crippen molar-refractivity contribution >= 4 is 35.6 Å². The van der Waals surface area contributed by atoms with E-state index in [0.717, 1.165) is 44.0 Å². The summed E-state index contributed by atoms with van der Waals surface area (Å²) >= 11 is 0. The Morgan fingerprint density at radius 1 is 1.20 bits per heavy atom. The third-order valence-corrected chi connectivity index (χ3v) is 5.39. The normalized spacial score (nSPS) is 15.3. The summed E-state index contributed by atoms with van der Waals surface area (Å²) in [6, 6.07) is 15.6. The Kier molecular flexibility index (Phi) is 9.51. The van der Waals surface area contributed by atoms with Gasteiger partial charge in [0.2, 0.25) is 0 Å². The van der Waals surface area contributed by atoms with E-state index in [1.165, 1.54) is 17.2 Å². The van der Waals surface area contributed by atoms with Gasteiger partial charge in [-0.25, -0.2) is 0 Å². The van der Waals surface area contributed by atoms with Gasteiger partial charge in [-0.1, -0.05) is 36.4 Å². The summed E-state index contributed by atoms with van der Waals surface area (Å²) in [5.41, 5.74) is 3.70. The standard InChI is InChI=1S/C22H29N5O2.HI/c1-17-6-3-4-8-19(17)16-26-12-10-20(11-13-26)25-22(23-2)24-15-18-7-5-9-21(14-18)27(28)29;/h3-9,14,20H,10-13,15-16H2,1-2H3,(H2,23,24,25);1H. The van der Waals surface area contributed by atoms with Crippen molar-refractivity contribution in [2.24, 2.45) is 4.99 Å². The Morgan fingerprint density at radius 3 is 2.60 bits per heavy atom. The van der Waals surface area contributed by atoms with Gasteiger partial charge in [-0.3, -0.25) is 20.0 Å². The predicted octanol–water partition coefficient (Wildman–Crippen LogP) is 3.85. The maximum atomic E-state index is 10.9. The van der Waals surface area contributed by atoms with Gasteiger partial charge in [-0.2, -0.15) is 0 Å². The average Bonchev–Trinajstić information content (AvgIpc) is 2.74. The third-order valence-electron chi connectivity index (χ3n) is 5.39. The molecule has 0 aliphatic carbocycles. The van der Waals surface area contributed by atoms with Crippen LogP contribution in [0.2, 0.25) is 0 Å². The van der Waals surface area contributed by atoms with Crippen molar-refractivity contribution in [1.29, 1.82) is 0 Å². The number of halogens is 1. The van der Waals surface area contributed by atoms with Crippen LogP contribution in [-0.4, -0.2) is 42.0 Å². The molecule has 0 unspecified atom stereocenters.